The van der Waals surface area contributed by atoms with Crippen LogP contribution in [0, 0.1) is 5.41 Å². The van der Waals surface area contributed by atoms with Gasteiger partial charge in [0, 0.05) is 17.8 Å². The molecule has 6 N–H and O–H groups in total. The van der Waals surface area contributed by atoms with Gasteiger partial charge in [0.05, 0.1) is 21.8 Å². The van der Waals surface area contributed by atoms with Crippen LogP contribution < -0.4 is 16.8 Å². The van der Waals surface area contributed by atoms with Crippen molar-refractivity contribution in [2.45, 2.75) is 71.6 Å². The second-order valence-electron chi connectivity index (χ2n) is 15.1. The molecule has 1 aliphatic carbocycles. The number of carbonyl (C=O) groups excluding carboxylic acids is 2. The van der Waals surface area contributed by atoms with E-state index in [0.717, 1.165) is 47.2 Å². The molecule has 0 aliphatic heterocycles. The van der Waals surface area contributed by atoms with Crippen LogP contribution in [0.25, 0.3) is 16.7 Å². The zero-order valence-corrected chi connectivity index (χ0v) is 31.4. The normalized spacial score (nSPS) is 14.8. The molecule has 0 saturated heterocycles. The van der Waals surface area contributed by atoms with Crippen LogP contribution in [-0.2, 0) is 26.7 Å². The lowest BCUT2D eigenvalue weighted by molar-refractivity contribution is -0.117. The quantitative estimate of drug-likeness (QED) is 0.133. The van der Waals surface area contributed by atoms with E-state index in [1.807, 2.05) is 36.4 Å². The number of amides is 2. The van der Waals surface area contributed by atoms with E-state index in [-0.39, 0.29) is 24.0 Å². The Balaban J connectivity index is 0.00000583. The van der Waals surface area contributed by atoms with E-state index in [2.05, 4.69) is 87.7 Å². The zero-order chi connectivity index (χ0) is 36.1. The van der Waals surface area contributed by atoms with Gasteiger partial charge in [-0.05, 0) is 99.7 Å². The fourth-order valence-electron chi connectivity index (χ4n) is 6.19. The SMILES string of the molecule is CC1(C)CC=C(c2ccc(NC(=O)[C@H](Cc3ccc(C(=O)NCCS(=O)(=O)[O-])cc3)c3ccc(-c4ccc(C(C)(C)C)cc4)cc3)cc2)CC1.[NH4+]. The summed E-state index contributed by atoms with van der Waals surface area (Å²) in [7, 11) is -4.42. The van der Waals surface area contributed by atoms with Crippen LogP contribution in [0.3, 0.4) is 0 Å². The minimum Gasteiger partial charge on any atom is -0.748 e. The maximum Gasteiger partial charge on any atom is 0.251 e. The summed E-state index contributed by atoms with van der Waals surface area (Å²) in [6, 6.07) is 31.6. The van der Waals surface area contributed by atoms with Crippen LogP contribution in [0.4, 0.5) is 5.69 Å². The molecule has 4 aromatic rings. The van der Waals surface area contributed by atoms with Crippen molar-refractivity contribution < 1.29 is 22.6 Å². The summed E-state index contributed by atoms with van der Waals surface area (Å²) in [5, 5.41) is 5.60. The maximum absolute atomic E-state index is 14.0. The molecule has 5 rings (SSSR count). The molecule has 270 valence electrons. The van der Waals surface area contributed by atoms with Crippen LogP contribution in [-0.4, -0.2) is 37.1 Å². The predicted octanol–water partition coefficient (Wildman–Crippen LogP) is 8.86. The second kappa shape index (κ2) is 16.2. The van der Waals surface area contributed by atoms with E-state index in [0.29, 0.717) is 17.4 Å². The minimum absolute atomic E-state index is 0. The molecule has 1 atom stereocenters. The van der Waals surface area contributed by atoms with E-state index in [4.69, 9.17) is 0 Å². The summed E-state index contributed by atoms with van der Waals surface area (Å²) in [5.41, 5.74) is 9.13. The molecular formula is C42H51N3O5S. The molecule has 0 saturated carbocycles. The first kappa shape index (κ1) is 39.2. The van der Waals surface area contributed by atoms with Crippen molar-refractivity contribution >= 4 is 33.2 Å². The Labute approximate surface area is 303 Å². The van der Waals surface area contributed by atoms with E-state index in [1.165, 1.54) is 16.7 Å². The van der Waals surface area contributed by atoms with E-state index < -0.39 is 27.7 Å². The highest BCUT2D eigenvalue weighted by Gasteiger charge is 2.24. The Morgan fingerprint density at radius 3 is 1.92 bits per heavy atom. The lowest BCUT2D eigenvalue weighted by Gasteiger charge is -2.28. The Morgan fingerprint density at radius 2 is 1.39 bits per heavy atom. The molecule has 0 aromatic heterocycles. The van der Waals surface area contributed by atoms with Gasteiger partial charge in [0.15, 0.2) is 0 Å². The Morgan fingerprint density at radius 1 is 0.824 bits per heavy atom. The Bertz CT molecular complexity index is 1940. The minimum atomic E-state index is -4.42. The molecule has 1 aliphatic rings. The van der Waals surface area contributed by atoms with Gasteiger partial charge in [-0.1, -0.05) is 113 Å². The van der Waals surface area contributed by atoms with Gasteiger partial charge in [-0.3, -0.25) is 9.59 Å². The van der Waals surface area contributed by atoms with E-state index >= 15 is 0 Å². The average Bonchev–Trinajstić information content (AvgIpc) is 3.07. The van der Waals surface area contributed by atoms with Gasteiger partial charge in [-0.15, -0.1) is 0 Å². The summed E-state index contributed by atoms with van der Waals surface area (Å²) >= 11 is 0. The summed E-state index contributed by atoms with van der Waals surface area (Å²) in [4.78, 5) is 26.5. The monoisotopic (exact) mass is 709 g/mol. The molecule has 0 radical (unpaired) electrons. The molecule has 8 nitrogen and oxygen atoms in total. The van der Waals surface area contributed by atoms with Crippen molar-refractivity contribution in [3.05, 3.63) is 131 Å². The third-order valence-electron chi connectivity index (χ3n) is 9.50. The molecular weight excluding hydrogens is 659 g/mol. The fraction of sp³-hybridized carbons (Fsp3) is 0.333. The van der Waals surface area contributed by atoms with Crippen molar-refractivity contribution in [2.75, 3.05) is 17.6 Å². The summed E-state index contributed by atoms with van der Waals surface area (Å²) in [6.07, 6.45) is 5.97. The molecule has 0 bridgehead atoms. The molecule has 2 amide bonds. The number of rotatable bonds is 11. The van der Waals surface area contributed by atoms with Crippen LogP contribution in [0.5, 0.6) is 0 Å². The summed E-state index contributed by atoms with van der Waals surface area (Å²) < 4.78 is 32.6. The highest BCUT2D eigenvalue weighted by atomic mass is 32.2. The standard InChI is InChI=1S/C42H48N2O5S.H3N/c1-41(2,3)36-18-14-31(15-19-36)30-10-12-34(13-11-30)38(28-29-6-8-35(9-7-29)39(45)43-26-27-50(47,48)49)40(46)44-37-20-16-32(17-21-37)33-22-24-42(4,5)25-23-33;/h6-22,38H,23-28H2,1-5H3,(H,43,45)(H,44,46)(H,47,48,49);1H3/t38-;/m1./s1. The lowest BCUT2D eigenvalue weighted by atomic mass is 9.77. The first-order valence-corrected chi connectivity index (χ1v) is 18.8. The second-order valence-corrected chi connectivity index (χ2v) is 16.6. The molecule has 4 aromatic carbocycles. The number of carbonyl (C=O) groups is 2. The van der Waals surface area contributed by atoms with Gasteiger partial charge >= 0.3 is 0 Å². The van der Waals surface area contributed by atoms with Crippen molar-refractivity contribution in [2.24, 2.45) is 5.41 Å². The lowest BCUT2D eigenvalue weighted by Crippen LogP contribution is -2.29. The number of quaternary nitrogens is 1. The van der Waals surface area contributed by atoms with Crippen LogP contribution in [0.1, 0.15) is 92.4 Å². The number of hydrogen-bond donors (Lipinski definition) is 3. The Hall–Kier alpha value is -4.57. The highest BCUT2D eigenvalue weighted by molar-refractivity contribution is 7.85. The average molecular weight is 710 g/mol. The topological polar surface area (TPSA) is 152 Å². The van der Waals surface area contributed by atoms with Gasteiger partial charge in [0.25, 0.3) is 5.91 Å². The first-order chi connectivity index (χ1) is 23.6. The number of anilines is 1. The number of nitrogens with one attached hydrogen (secondary N) is 2. The largest absolute Gasteiger partial charge is 0.748 e. The van der Waals surface area contributed by atoms with Crippen LogP contribution in [0.2, 0.25) is 0 Å². The molecule has 0 fully saturated rings. The smallest absolute Gasteiger partial charge is 0.251 e. The predicted molar refractivity (Wildman–Crippen MR) is 207 cm³/mol. The van der Waals surface area contributed by atoms with E-state index in [9.17, 15) is 22.6 Å². The number of hydrogen-bond acceptors (Lipinski definition) is 5. The van der Waals surface area contributed by atoms with Gasteiger partial charge in [0.1, 0.15) is 0 Å². The Kier molecular flexibility index (Phi) is 12.4. The van der Waals surface area contributed by atoms with Gasteiger partial charge in [-0.25, -0.2) is 8.42 Å². The summed E-state index contributed by atoms with van der Waals surface area (Å²) in [5.74, 6) is -1.80. The maximum atomic E-state index is 14.0. The fourth-order valence-corrected chi connectivity index (χ4v) is 6.54. The van der Waals surface area contributed by atoms with Crippen molar-refractivity contribution in [1.82, 2.24) is 11.5 Å². The van der Waals surface area contributed by atoms with Crippen LogP contribution >= 0.6 is 0 Å². The third-order valence-corrected chi connectivity index (χ3v) is 10.2. The molecule has 0 heterocycles. The van der Waals surface area contributed by atoms with Gasteiger partial charge in [-0.2, -0.15) is 0 Å². The molecule has 0 unspecified atom stereocenters. The van der Waals surface area contributed by atoms with Gasteiger partial charge in [0.2, 0.25) is 5.91 Å². The van der Waals surface area contributed by atoms with E-state index in [1.54, 1.807) is 24.3 Å². The van der Waals surface area contributed by atoms with Crippen molar-refractivity contribution in [1.29, 1.82) is 0 Å². The van der Waals surface area contributed by atoms with Crippen molar-refractivity contribution in [3.63, 3.8) is 0 Å². The molecule has 51 heavy (non-hydrogen) atoms. The highest BCUT2D eigenvalue weighted by Crippen LogP contribution is 2.38. The van der Waals surface area contributed by atoms with Crippen LogP contribution in [0.15, 0.2) is 103 Å². The molecule has 9 heteroatoms. The number of benzene rings is 4. The van der Waals surface area contributed by atoms with Gasteiger partial charge < -0.3 is 21.3 Å². The van der Waals surface area contributed by atoms with Crippen molar-refractivity contribution in [3.8, 4) is 11.1 Å². The molecule has 0 spiro atoms. The first-order valence-electron chi connectivity index (χ1n) is 17.2. The number of allylic oxidation sites excluding steroid dienone is 2. The third kappa shape index (κ3) is 11.0. The zero-order valence-electron chi connectivity index (χ0n) is 30.6. The summed E-state index contributed by atoms with van der Waals surface area (Å²) in [6.45, 7) is 10.9.